The Kier molecular flexibility index (Phi) is 5.37. The minimum absolute atomic E-state index is 0.785. The quantitative estimate of drug-likeness (QED) is 0.444. The first kappa shape index (κ1) is 19.1. The van der Waals surface area contributed by atoms with Gasteiger partial charge in [-0.1, -0.05) is 25.8 Å². The predicted octanol–water partition coefficient (Wildman–Crippen LogP) is 5.35. The summed E-state index contributed by atoms with van der Waals surface area (Å²) in [4.78, 5) is 15.2. The van der Waals surface area contributed by atoms with Gasteiger partial charge < -0.3 is 14.6 Å². The van der Waals surface area contributed by atoms with Gasteiger partial charge in [0.1, 0.15) is 5.65 Å². The molecule has 1 aromatic carbocycles. The van der Waals surface area contributed by atoms with E-state index in [1.807, 2.05) is 12.4 Å². The molecular weight excluding hydrogens is 372 g/mol. The number of hydrogen-bond acceptors (Lipinski definition) is 4. The molecule has 5 heteroatoms. The highest BCUT2D eigenvalue weighted by Gasteiger charge is 2.13. The zero-order valence-electron chi connectivity index (χ0n) is 17.5. The van der Waals surface area contributed by atoms with Crippen molar-refractivity contribution in [1.29, 1.82) is 0 Å². The van der Waals surface area contributed by atoms with Gasteiger partial charge in [0, 0.05) is 41.1 Å². The number of pyridine rings is 2. The lowest BCUT2D eigenvalue weighted by molar-refractivity contribution is 0.122. The molecule has 4 heterocycles. The van der Waals surface area contributed by atoms with Crippen LogP contribution in [0.25, 0.3) is 33.2 Å². The first-order valence-electron chi connectivity index (χ1n) is 11.0. The van der Waals surface area contributed by atoms with E-state index < -0.39 is 0 Å². The number of anilines is 1. The van der Waals surface area contributed by atoms with Crippen LogP contribution in [0.1, 0.15) is 31.7 Å². The van der Waals surface area contributed by atoms with Crippen LogP contribution < -0.4 is 4.90 Å². The number of hydrogen-bond donors (Lipinski definition) is 1. The van der Waals surface area contributed by atoms with Gasteiger partial charge in [0.25, 0.3) is 0 Å². The van der Waals surface area contributed by atoms with E-state index in [1.165, 1.54) is 35.6 Å². The maximum Gasteiger partial charge on any atom is 0.138 e. The summed E-state index contributed by atoms with van der Waals surface area (Å²) in [5, 5.41) is 2.41. The number of unbranched alkanes of at least 4 members (excludes halogenated alkanes) is 2. The Morgan fingerprint density at radius 3 is 2.67 bits per heavy atom. The van der Waals surface area contributed by atoms with E-state index in [0.717, 1.165) is 60.8 Å². The monoisotopic (exact) mass is 400 g/mol. The summed E-state index contributed by atoms with van der Waals surface area (Å²) in [6.45, 7) is 5.66. The fourth-order valence-electron chi connectivity index (χ4n) is 4.26. The fourth-order valence-corrected chi connectivity index (χ4v) is 4.26. The molecule has 0 saturated carbocycles. The molecule has 0 spiro atoms. The zero-order valence-corrected chi connectivity index (χ0v) is 17.5. The van der Waals surface area contributed by atoms with Gasteiger partial charge in [-0.25, -0.2) is 4.98 Å². The number of nitrogens with one attached hydrogen (secondary N) is 1. The number of nitrogens with zero attached hydrogens (tertiary/aromatic N) is 3. The Balaban J connectivity index is 1.45. The highest BCUT2D eigenvalue weighted by molar-refractivity contribution is 6.07. The topological polar surface area (TPSA) is 54.0 Å². The van der Waals surface area contributed by atoms with Gasteiger partial charge in [0.05, 0.1) is 30.8 Å². The molecule has 0 amide bonds. The molecule has 1 fully saturated rings. The van der Waals surface area contributed by atoms with Gasteiger partial charge in [-0.3, -0.25) is 4.98 Å². The van der Waals surface area contributed by atoms with Crippen LogP contribution in [-0.2, 0) is 11.2 Å². The van der Waals surface area contributed by atoms with Crippen LogP contribution in [-0.4, -0.2) is 41.3 Å². The van der Waals surface area contributed by atoms with Crippen molar-refractivity contribution in [2.45, 2.75) is 32.6 Å². The van der Waals surface area contributed by atoms with Crippen LogP contribution in [0.5, 0.6) is 0 Å². The third-order valence-electron chi connectivity index (χ3n) is 6.00. The molecule has 0 unspecified atom stereocenters. The van der Waals surface area contributed by atoms with E-state index in [2.05, 4.69) is 58.2 Å². The summed E-state index contributed by atoms with van der Waals surface area (Å²) in [6.07, 6.45) is 8.81. The minimum Gasteiger partial charge on any atom is -0.378 e. The van der Waals surface area contributed by atoms with E-state index in [0.29, 0.717) is 0 Å². The number of aromatic amines is 1. The van der Waals surface area contributed by atoms with E-state index in [1.54, 1.807) is 0 Å². The van der Waals surface area contributed by atoms with Gasteiger partial charge in [-0.2, -0.15) is 0 Å². The highest BCUT2D eigenvalue weighted by atomic mass is 16.5. The molecule has 0 aliphatic carbocycles. The second kappa shape index (κ2) is 8.44. The zero-order chi connectivity index (χ0) is 20.3. The number of aromatic nitrogens is 3. The number of H-pyrrole nitrogens is 1. The first-order valence-corrected chi connectivity index (χ1v) is 11.0. The Labute approximate surface area is 177 Å². The minimum atomic E-state index is 0.785. The molecule has 1 N–H and O–H groups in total. The second-order valence-electron chi connectivity index (χ2n) is 8.08. The summed E-state index contributed by atoms with van der Waals surface area (Å²) in [7, 11) is 0. The second-order valence-corrected chi connectivity index (χ2v) is 8.08. The summed E-state index contributed by atoms with van der Waals surface area (Å²) in [6, 6.07) is 13.1. The van der Waals surface area contributed by atoms with Crippen molar-refractivity contribution in [3.8, 4) is 11.3 Å². The Morgan fingerprint density at radius 1 is 0.967 bits per heavy atom. The maximum absolute atomic E-state index is 5.45. The molecule has 0 radical (unpaired) electrons. The highest BCUT2D eigenvalue weighted by Crippen LogP contribution is 2.30. The van der Waals surface area contributed by atoms with Gasteiger partial charge in [-0.15, -0.1) is 0 Å². The summed E-state index contributed by atoms with van der Waals surface area (Å²) in [5.41, 5.74) is 6.68. The largest absolute Gasteiger partial charge is 0.378 e. The Hall–Kier alpha value is -2.92. The molecule has 5 rings (SSSR count). The smallest absolute Gasteiger partial charge is 0.138 e. The van der Waals surface area contributed by atoms with Crippen molar-refractivity contribution in [2.24, 2.45) is 0 Å². The lowest BCUT2D eigenvalue weighted by Crippen LogP contribution is -2.36. The number of ether oxygens (including phenoxy) is 1. The van der Waals surface area contributed by atoms with E-state index in [-0.39, 0.29) is 0 Å². The molecular formula is C25H28N4O. The standard InChI is InChI=1S/C25H28N4O/c1-2-3-4-5-18-14-22-21-15-19(6-8-24(21)28-25(22)27-16-18)23-9-7-20(17-26-23)29-10-12-30-13-11-29/h6-9,14-17H,2-5,10-13H2,1H3,(H,27,28). The Morgan fingerprint density at radius 2 is 1.87 bits per heavy atom. The van der Waals surface area contributed by atoms with Crippen molar-refractivity contribution in [3.63, 3.8) is 0 Å². The summed E-state index contributed by atoms with van der Waals surface area (Å²) < 4.78 is 5.45. The van der Waals surface area contributed by atoms with Crippen molar-refractivity contribution < 1.29 is 4.74 Å². The molecule has 5 nitrogen and oxygen atoms in total. The molecule has 3 aromatic heterocycles. The lowest BCUT2D eigenvalue weighted by atomic mass is 10.0. The number of benzene rings is 1. The summed E-state index contributed by atoms with van der Waals surface area (Å²) >= 11 is 0. The van der Waals surface area contributed by atoms with Crippen LogP contribution in [0.4, 0.5) is 5.69 Å². The van der Waals surface area contributed by atoms with Crippen molar-refractivity contribution in [3.05, 3.63) is 54.4 Å². The predicted molar refractivity (Wildman–Crippen MR) is 123 cm³/mol. The average Bonchev–Trinajstić information content (AvgIpc) is 3.17. The molecule has 0 atom stereocenters. The maximum atomic E-state index is 5.45. The van der Waals surface area contributed by atoms with Crippen LogP contribution in [0.15, 0.2) is 48.8 Å². The molecule has 1 saturated heterocycles. The third kappa shape index (κ3) is 3.77. The van der Waals surface area contributed by atoms with Crippen LogP contribution in [0.3, 0.4) is 0 Å². The lowest BCUT2D eigenvalue weighted by Gasteiger charge is -2.28. The molecule has 1 aliphatic heterocycles. The van der Waals surface area contributed by atoms with Crippen LogP contribution in [0.2, 0.25) is 0 Å². The number of rotatable bonds is 6. The van der Waals surface area contributed by atoms with Gasteiger partial charge >= 0.3 is 0 Å². The summed E-state index contributed by atoms with van der Waals surface area (Å²) in [5.74, 6) is 0. The first-order chi connectivity index (χ1) is 14.8. The van der Waals surface area contributed by atoms with Crippen molar-refractivity contribution in [1.82, 2.24) is 15.0 Å². The van der Waals surface area contributed by atoms with Crippen LogP contribution >= 0.6 is 0 Å². The number of aryl methyl sites for hydroxylation is 1. The molecule has 0 bridgehead atoms. The number of morpholine rings is 1. The molecule has 154 valence electrons. The molecule has 30 heavy (non-hydrogen) atoms. The molecule has 4 aromatic rings. The average molecular weight is 401 g/mol. The fraction of sp³-hybridized carbons (Fsp3) is 0.360. The van der Waals surface area contributed by atoms with E-state index >= 15 is 0 Å². The van der Waals surface area contributed by atoms with Gasteiger partial charge in [-0.05, 0) is 48.7 Å². The van der Waals surface area contributed by atoms with Gasteiger partial charge in [0.2, 0.25) is 0 Å². The van der Waals surface area contributed by atoms with E-state index in [4.69, 9.17) is 9.72 Å². The van der Waals surface area contributed by atoms with Crippen molar-refractivity contribution >= 4 is 27.6 Å². The Bertz CT molecular complexity index is 1140. The van der Waals surface area contributed by atoms with E-state index in [9.17, 15) is 0 Å². The SMILES string of the molecule is CCCCCc1cnc2[nH]c3ccc(-c4ccc(N5CCOCC5)cn4)cc3c2c1. The third-order valence-corrected chi connectivity index (χ3v) is 6.00. The van der Waals surface area contributed by atoms with Crippen molar-refractivity contribution in [2.75, 3.05) is 31.2 Å². The van der Waals surface area contributed by atoms with Gasteiger partial charge in [0.15, 0.2) is 0 Å². The molecule has 1 aliphatic rings. The normalized spacial score (nSPS) is 14.6. The van der Waals surface area contributed by atoms with Crippen LogP contribution in [0, 0.1) is 0 Å². The number of fused-ring (bicyclic) bond motifs is 3.